The molecule has 41 heavy (non-hydrogen) atoms. The number of fused-ring (bicyclic) bond motifs is 1. The number of aryl methyl sites for hydroxylation is 2. The van der Waals surface area contributed by atoms with Gasteiger partial charge < -0.3 is 14.8 Å². The van der Waals surface area contributed by atoms with Crippen molar-refractivity contribution >= 4 is 40.2 Å². The Labute approximate surface area is 240 Å². The first kappa shape index (κ1) is 27.8. The van der Waals surface area contributed by atoms with E-state index >= 15 is 0 Å². The largest absolute Gasteiger partial charge is 0.396 e. The van der Waals surface area contributed by atoms with Crippen molar-refractivity contribution in [1.29, 1.82) is 0 Å². The summed E-state index contributed by atoms with van der Waals surface area (Å²) in [5.41, 5.74) is 2.09. The van der Waals surface area contributed by atoms with Crippen LogP contribution in [-0.4, -0.2) is 73.0 Å². The molecular weight excluding hydrogens is 551 g/mol. The van der Waals surface area contributed by atoms with Crippen molar-refractivity contribution in [2.24, 2.45) is 7.05 Å². The predicted molar refractivity (Wildman–Crippen MR) is 154 cm³/mol. The Hall–Kier alpha value is -3.32. The van der Waals surface area contributed by atoms with Gasteiger partial charge in [-0.2, -0.15) is 18.3 Å². The fraction of sp³-hybridized carbons (Fsp3) is 0.500. The fourth-order valence-electron chi connectivity index (χ4n) is 5.79. The van der Waals surface area contributed by atoms with Gasteiger partial charge in [0.15, 0.2) is 11.0 Å². The van der Waals surface area contributed by atoms with E-state index in [4.69, 9.17) is 9.97 Å². The maximum atomic E-state index is 13.0. The molecule has 1 saturated carbocycles. The SMILES string of the molecule is Cc1cc(Nc2cc(N3CCN(C4CCCCC4)CC3)nc(Sc3ccc4nc(CC(F)(F)F)n(C)c4c3)n2)n[nH]1. The number of nitrogens with zero attached hydrogens (tertiary/aromatic N) is 7. The minimum absolute atomic E-state index is 0.0129. The van der Waals surface area contributed by atoms with E-state index in [-0.39, 0.29) is 5.82 Å². The average molecular weight is 586 g/mol. The van der Waals surface area contributed by atoms with Gasteiger partial charge in [0, 0.05) is 62.0 Å². The van der Waals surface area contributed by atoms with Crippen molar-refractivity contribution in [2.75, 3.05) is 36.4 Å². The van der Waals surface area contributed by atoms with Crippen LogP contribution in [0.5, 0.6) is 0 Å². The molecule has 2 N–H and O–H groups in total. The van der Waals surface area contributed by atoms with Crippen LogP contribution in [0.1, 0.15) is 43.6 Å². The summed E-state index contributed by atoms with van der Waals surface area (Å²) in [6, 6.07) is 10.00. The van der Waals surface area contributed by atoms with Crippen LogP contribution in [0.4, 0.5) is 30.6 Å². The topological polar surface area (TPSA) is 90.8 Å². The minimum Gasteiger partial charge on any atom is -0.354 e. The molecule has 0 unspecified atom stereocenters. The summed E-state index contributed by atoms with van der Waals surface area (Å²) >= 11 is 1.37. The summed E-state index contributed by atoms with van der Waals surface area (Å²) < 4.78 is 40.6. The van der Waals surface area contributed by atoms with Crippen molar-refractivity contribution in [3.8, 4) is 0 Å². The van der Waals surface area contributed by atoms with Crippen molar-refractivity contribution in [3.05, 3.63) is 41.9 Å². The highest BCUT2D eigenvalue weighted by atomic mass is 32.2. The van der Waals surface area contributed by atoms with Gasteiger partial charge in [0.05, 0.1) is 11.0 Å². The monoisotopic (exact) mass is 585 g/mol. The highest BCUT2D eigenvalue weighted by molar-refractivity contribution is 7.99. The number of piperazine rings is 1. The number of aromatic nitrogens is 6. The molecule has 0 atom stereocenters. The molecule has 218 valence electrons. The van der Waals surface area contributed by atoms with Crippen molar-refractivity contribution in [1.82, 2.24) is 34.6 Å². The van der Waals surface area contributed by atoms with Gasteiger partial charge in [0.1, 0.15) is 23.9 Å². The van der Waals surface area contributed by atoms with E-state index in [9.17, 15) is 13.2 Å². The molecular formula is C28H34F3N9S. The van der Waals surface area contributed by atoms with Gasteiger partial charge >= 0.3 is 6.18 Å². The highest BCUT2D eigenvalue weighted by Crippen LogP contribution is 2.33. The third-order valence-corrected chi connectivity index (χ3v) is 8.75. The van der Waals surface area contributed by atoms with Crippen LogP contribution < -0.4 is 10.2 Å². The summed E-state index contributed by atoms with van der Waals surface area (Å²) in [7, 11) is 1.61. The Kier molecular flexibility index (Phi) is 7.82. The Balaban J connectivity index is 1.25. The van der Waals surface area contributed by atoms with Gasteiger partial charge in [-0.15, -0.1) is 0 Å². The van der Waals surface area contributed by atoms with Crippen LogP contribution in [-0.2, 0) is 13.5 Å². The lowest BCUT2D eigenvalue weighted by Gasteiger charge is -2.41. The number of hydrogen-bond donors (Lipinski definition) is 2. The van der Waals surface area contributed by atoms with Crippen LogP contribution in [0.15, 0.2) is 40.4 Å². The molecule has 9 nitrogen and oxygen atoms in total. The fourth-order valence-corrected chi connectivity index (χ4v) is 6.59. The van der Waals surface area contributed by atoms with Gasteiger partial charge in [0.2, 0.25) is 0 Å². The first-order valence-corrected chi connectivity index (χ1v) is 14.9. The zero-order chi connectivity index (χ0) is 28.6. The van der Waals surface area contributed by atoms with E-state index in [1.165, 1.54) is 48.4 Å². The first-order chi connectivity index (χ1) is 19.7. The zero-order valence-electron chi connectivity index (χ0n) is 23.2. The van der Waals surface area contributed by atoms with Crippen LogP contribution in [0, 0.1) is 6.92 Å². The van der Waals surface area contributed by atoms with Crippen LogP contribution in [0.3, 0.4) is 0 Å². The number of alkyl halides is 3. The van der Waals surface area contributed by atoms with Crippen LogP contribution in [0.2, 0.25) is 0 Å². The number of nitrogens with one attached hydrogen (secondary N) is 2. The molecule has 0 amide bonds. The Morgan fingerprint density at radius 2 is 1.76 bits per heavy atom. The van der Waals surface area contributed by atoms with E-state index in [0.717, 1.165) is 42.6 Å². The summed E-state index contributed by atoms with van der Waals surface area (Å²) in [6.45, 7) is 5.74. The lowest BCUT2D eigenvalue weighted by Crippen LogP contribution is -2.51. The molecule has 13 heteroatoms. The Morgan fingerprint density at radius 3 is 2.46 bits per heavy atom. The van der Waals surface area contributed by atoms with Crippen molar-refractivity contribution in [3.63, 3.8) is 0 Å². The second-order valence-electron chi connectivity index (χ2n) is 10.9. The number of imidazole rings is 1. The van der Waals surface area contributed by atoms with Gasteiger partial charge in [-0.1, -0.05) is 19.3 Å². The average Bonchev–Trinajstić information content (AvgIpc) is 3.49. The molecule has 3 aromatic heterocycles. The second kappa shape index (κ2) is 11.5. The molecule has 1 aromatic carbocycles. The van der Waals surface area contributed by atoms with E-state index in [1.807, 2.05) is 31.2 Å². The molecule has 4 aromatic rings. The maximum Gasteiger partial charge on any atom is 0.396 e. The maximum absolute atomic E-state index is 13.0. The van der Waals surface area contributed by atoms with Gasteiger partial charge in [-0.05, 0) is 49.7 Å². The zero-order valence-corrected chi connectivity index (χ0v) is 24.0. The molecule has 1 saturated heterocycles. The van der Waals surface area contributed by atoms with Gasteiger partial charge in [0.25, 0.3) is 0 Å². The number of benzene rings is 1. The molecule has 6 rings (SSSR count). The lowest BCUT2D eigenvalue weighted by molar-refractivity contribution is -0.128. The normalized spacial score (nSPS) is 17.4. The minimum atomic E-state index is -4.32. The third-order valence-electron chi connectivity index (χ3n) is 7.90. The standard InChI is InChI=1S/C28H34F3N9S/c1-18-14-24(37-36-18)33-23-16-25(40-12-10-39(11-13-40)19-6-4-3-5-7-19)35-27(34-23)41-20-8-9-21-22(15-20)38(2)26(32-21)17-28(29,30)31/h8-9,14-16,19H,3-7,10-13,17H2,1-2H3,(H2,33,34,35,36,37). The molecule has 2 aliphatic rings. The number of halogens is 3. The van der Waals surface area contributed by atoms with Crippen LogP contribution >= 0.6 is 11.8 Å². The molecule has 1 aliphatic heterocycles. The summed E-state index contributed by atoms with van der Waals surface area (Å²) in [5, 5.41) is 11.1. The number of H-pyrrole nitrogens is 1. The Bertz CT molecular complexity index is 1500. The highest BCUT2D eigenvalue weighted by Gasteiger charge is 2.30. The van der Waals surface area contributed by atoms with E-state index in [2.05, 4.69) is 30.3 Å². The van der Waals surface area contributed by atoms with E-state index in [1.54, 1.807) is 13.1 Å². The third kappa shape index (κ3) is 6.61. The van der Waals surface area contributed by atoms with Gasteiger partial charge in [-0.3, -0.25) is 10.00 Å². The summed E-state index contributed by atoms with van der Waals surface area (Å²) in [5.74, 6) is 2.13. The summed E-state index contributed by atoms with van der Waals surface area (Å²) in [6.07, 6.45) is 1.21. The first-order valence-electron chi connectivity index (χ1n) is 14.1. The number of rotatable bonds is 7. The smallest absolute Gasteiger partial charge is 0.354 e. The number of hydrogen-bond acceptors (Lipinski definition) is 8. The molecule has 0 spiro atoms. The molecule has 0 radical (unpaired) electrons. The molecule has 4 heterocycles. The lowest BCUT2D eigenvalue weighted by atomic mass is 9.94. The van der Waals surface area contributed by atoms with E-state index < -0.39 is 12.6 Å². The quantitative estimate of drug-likeness (QED) is 0.261. The molecule has 0 bridgehead atoms. The van der Waals surface area contributed by atoms with Crippen molar-refractivity contribution in [2.45, 2.75) is 67.7 Å². The van der Waals surface area contributed by atoms with Crippen molar-refractivity contribution < 1.29 is 13.2 Å². The number of aromatic amines is 1. The Morgan fingerprint density at radius 1 is 0.976 bits per heavy atom. The second-order valence-corrected chi connectivity index (χ2v) is 11.9. The van der Waals surface area contributed by atoms with E-state index in [0.29, 0.717) is 33.9 Å². The number of anilines is 3. The van der Waals surface area contributed by atoms with Crippen LogP contribution in [0.25, 0.3) is 11.0 Å². The van der Waals surface area contributed by atoms with Gasteiger partial charge in [-0.25, -0.2) is 15.0 Å². The summed E-state index contributed by atoms with van der Waals surface area (Å²) in [4.78, 5) is 19.6. The molecule has 1 aliphatic carbocycles. The molecule has 2 fully saturated rings. The predicted octanol–water partition coefficient (Wildman–Crippen LogP) is 5.85.